The zero-order valence-electron chi connectivity index (χ0n) is 14.4. The maximum absolute atomic E-state index is 6.19. The van der Waals surface area contributed by atoms with Gasteiger partial charge in [0.2, 0.25) is 0 Å². The molecule has 0 radical (unpaired) electrons. The minimum absolute atomic E-state index is 0.164. The zero-order chi connectivity index (χ0) is 15.7. The summed E-state index contributed by atoms with van der Waals surface area (Å²) in [4.78, 5) is 2.46. The Morgan fingerprint density at radius 2 is 2.00 bits per heavy atom. The molecule has 0 unspecified atom stereocenters. The van der Waals surface area contributed by atoms with Crippen LogP contribution in [0, 0.1) is 11.3 Å². The van der Waals surface area contributed by atoms with Crippen molar-refractivity contribution >= 4 is 0 Å². The van der Waals surface area contributed by atoms with E-state index in [1.54, 1.807) is 0 Å². The van der Waals surface area contributed by atoms with Crippen molar-refractivity contribution in [3.05, 3.63) is 18.0 Å². The molecule has 0 bridgehead atoms. The quantitative estimate of drug-likeness (QED) is 0.928. The molecule has 0 amide bonds. The molecule has 4 heteroatoms. The standard InChI is InChI=1S/C17H32N4/c1-16(2,3)15-6-8-17(13-18,9-7-15)20(4)11-14-10-19-21(5)12-14/h10,12,15H,6-9,11,13,18H2,1-5H3. The number of aryl methyl sites for hydroxylation is 1. The molecule has 0 saturated heterocycles. The van der Waals surface area contributed by atoms with Crippen LogP contribution in [0.4, 0.5) is 0 Å². The zero-order valence-corrected chi connectivity index (χ0v) is 14.4. The highest BCUT2D eigenvalue weighted by Gasteiger charge is 2.40. The number of nitrogens with two attached hydrogens (primary N) is 1. The Kier molecular flexibility index (Phi) is 4.79. The van der Waals surface area contributed by atoms with Gasteiger partial charge in [-0.3, -0.25) is 9.58 Å². The first-order valence-electron chi connectivity index (χ1n) is 8.16. The molecule has 0 aromatic carbocycles. The molecule has 0 atom stereocenters. The predicted molar refractivity (Wildman–Crippen MR) is 87.9 cm³/mol. The topological polar surface area (TPSA) is 47.1 Å². The van der Waals surface area contributed by atoms with Crippen LogP contribution in [0.1, 0.15) is 52.0 Å². The van der Waals surface area contributed by atoms with Gasteiger partial charge in [-0.2, -0.15) is 5.10 Å². The fourth-order valence-electron chi connectivity index (χ4n) is 3.76. The molecule has 1 aromatic heterocycles. The van der Waals surface area contributed by atoms with Gasteiger partial charge in [-0.15, -0.1) is 0 Å². The van der Waals surface area contributed by atoms with Gasteiger partial charge in [0.15, 0.2) is 0 Å². The van der Waals surface area contributed by atoms with Crippen molar-refractivity contribution < 1.29 is 0 Å². The Hall–Kier alpha value is -0.870. The second-order valence-electron chi connectivity index (χ2n) is 7.95. The van der Waals surface area contributed by atoms with Crippen molar-refractivity contribution in [2.45, 2.75) is 58.5 Å². The van der Waals surface area contributed by atoms with E-state index in [2.05, 4.69) is 44.0 Å². The van der Waals surface area contributed by atoms with Crippen LogP contribution < -0.4 is 5.73 Å². The van der Waals surface area contributed by atoms with Crippen molar-refractivity contribution in [2.75, 3.05) is 13.6 Å². The SMILES string of the molecule is CN(Cc1cnn(C)c1)C1(CN)CCC(C(C)(C)C)CC1. The highest BCUT2D eigenvalue weighted by atomic mass is 15.2. The average Bonchev–Trinajstić information content (AvgIpc) is 2.83. The average molecular weight is 292 g/mol. The lowest BCUT2D eigenvalue weighted by atomic mass is 9.67. The van der Waals surface area contributed by atoms with E-state index in [4.69, 9.17) is 5.73 Å². The lowest BCUT2D eigenvalue weighted by Crippen LogP contribution is -2.54. The molecule has 21 heavy (non-hydrogen) atoms. The van der Waals surface area contributed by atoms with E-state index in [-0.39, 0.29) is 5.54 Å². The number of aromatic nitrogens is 2. The maximum atomic E-state index is 6.19. The first-order chi connectivity index (χ1) is 9.77. The summed E-state index contributed by atoms with van der Waals surface area (Å²) in [5.41, 5.74) is 8.04. The van der Waals surface area contributed by atoms with Gasteiger partial charge in [-0.25, -0.2) is 0 Å². The number of hydrogen-bond acceptors (Lipinski definition) is 3. The summed E-state index contributed by atoms with van der Waals surface area (Å²) in [5.74, 6) is 0.823. The number of likely N-dealkylation sites (N-methyl/N-ethyl adjacent to an activating group) is 1. The minimum atomic E-state index is 0.164. The second-order valence-corrected chi connectivity index (χ2v) is 7.95. The lowest BCUT2D eigenvalue weighted by Gasteiger charge is -2.48. The maximum Gasteiger partial charge on any atom is 0.0534 e. The first-order valence-corrected chi connectivity index (χ1v) is 8.16. The molecule has 1 aliphatic rings. The van der Waals surface area contributed by atoms with Crippen LogP contribution >= 0.6 is 0 Å². The minimum Gasteiger partial charge on any atom is -0.329 e. The van der Waals surface area contributed by atoms with Gasteiger partial charge >= 0.3 is 0 Å². The van der Waals surface area contributed by atoms with Crippen LogP contribution in [-0.2, 0) is 13.6 Å². The number of hydrogen-bond donors (Lipinski definition) is 1. The van der Waals surface area contributed by atoms with Crippen molar-refractivity contribution in [2.24, 2.45) is 24.1 Å². The van der Waals surface area contributed by atoms with Gasteiger partial charge in [0.1, 0.15) is 0 Å². The third kappa shape index (κ3) is 3.67. The van der Waals surface area contributed by atoms with Gasteiger partial charge in [0, 0.05) is 37.4 Å². The summed E-state index contributed by atoms with van der Waals surface area (Å²) >= 11 is 0. The van der Waals surface area contributed by atoms with E-state index < -0.39 is 0 Å². The van der Waals surface area contributed by atoms with Crippen LogP contribution in [-0.4, -0.2) is 33.8 Å². The number of nitrogens with zero attached hydrogens (tertiary/aromatic N) is 3. The molecule has 2 rings (SSSR count). The third-order valence-electron chi connectivity index (χ3n) is 5.51. The molecule has 1 saturated carbocycles. The smallest absolute Gasteiger partial charge is 0.0534 e. The molecule has 4 nitrogen and oxygen atoms in total. The summed E-state index contributed by atoms with van der Waals surface area (Å²) < 4.78 is 1.87. The molecular weight excluding hydrogens is 260 g/mol. The van der Waals surface area contributed by atoms with Gasteiger partial charge in [0.05, 0.1) is 6.20 Å². The molecule has 1 aliphatic carbocycles. The van der Waals surface area contributed by atoms with Crippen molar-refractivity contribution in [3.63, 3.8) is 0 Å². The van der Waals surface area contributed by atoms with E-state index in [1.807, 2.05) is 17.9 Å². The molecule has 1 aromatic rings. The monoisotopic (exact) mass is 292 g/mol. The van der Waals surface area contributed by atoms with Gasteiger partial charge in [0.25, 0.3) is 0 Å². The fourth-order valence-corrected chi connectivity index (χ4v) is 3.76. The second kappa shape index (κ2) is 6.09. The van der Waals surface area contributed by atoms with Crippen LogP contribution in [0.3, 0.4) is 0 Å². The molecule has 120 valence electrons. The third-order valence-corrected chi connectivity index (χ3v) is 5.51. The predicted octanol–water partition coefficient (Wildman–Crippen LogP) is 2.79. The summed E-state index contributed by atoms with van der Waals surface area (Å²) in [6.07, 6.45) is 9.06. The van der Waals surface area contributed by atoms with E-state index in [0.717, 1.165) is 19.0 Å². The first kappa shape index (κ1) is 16.5. The molecule has 1 fully saturated rings. The fraction of sp³-hybridized carbons (Fsp3) is 0.824. The van der Waals surface area contributed by atoms with E-state index in [0.29, 0.717) is 5.41 Å². The normalized spacial score (nSPS) is 27.3. The van der Waals surface area contributed by atoms with E-state index in [9.17, 15) is 0 Å². The van der Waals surface area contributed by atoms with Crippen molar-refractivity contribution in [3.8, 4) is 0 Å². The van der Waals surface area contributed by atoms with Crippen molar-refractivity contribution in [1.29, 1.82) is 0 Å². The van der Waals surface area contributed by atoms with E-state index in [1.165, 1.54) is 31.2 Å². The Bertz CT molecular complexity index is 450. The molecular formula is C17H32N4. The summed E-state index contributed by atoms with van der Waals surface area (Å²) in [5, 5.41) is 4.27. The Labute approximate surface area is 129 Å². The molecule has 0 spiro atoms. The molecule has 2 N–H and O–H groups in total. The van der Waals surface area contributed by atoms with Gasteiger partial charge < -0.3 is 5.73 Å². The van der Waals surface area contributed by atoms with Crippen LogP contribution in [0.2, 0.25) is 0 Å². The summed E-state index contributed by atoms with van der Waals surface area (Å²) in [6.45, 7) is 8.79. The van der Waals surface area contributed by atoms with Gasteiger partial charge in [-0.1, -0.05) is 20.8 Å². The van der Waals surface area contributed by atoms with Crippen LogP contribution in [0.25, 0.3) is 0 Å². The Morgan fingerprint density at radius 1 is 1.38 bits per heavy atom. The number of rotatable bonds is 4. The van der Waals surface area contributed by atoms with Gasteiger partial charge in [-0.05, 0) is 44.1 Å². The Balaban J connectivity index is 2.02. The highest BCUT2D eigenvalue weighted by molar-refractivity contribution is 5.06. The van der Waals surface area contributed by atoms with Crippen LogP contribution in [0.5, 0.6) is 0 Å². The molecule has 0 aliphatic heterocycles. The summed E-state index contributed by atoms with van der Waals surface area (Å²) in [7, 11) is 4.19. The Morgan fingerprint density at radius 3 is 2.43 bits per heavy atom. The largest absolute Gasteiger partial charge is 0.329 e. The summed E-state index contributed by atoms with van der Waals surface area (Å²) in [6, 6.07) is 0. The van der Waals surface area contributed by atoms with Crippen LogP contribution in [0.15, 0.2) is 12.4 Å². The lowest BCUT2D eigenvalue weighted by molar-refractivity contribution is 0.0334. The van der Waals surface area contributed by atoms with Crippen molar-refractivity contribution in [1.82, 2.24) is 14.7 Å². The van der Waals surface area contributed by atoms with E-state index >= 15 is 0 Å². The highest BCUT2D eigenvalue weighted by Crippen LogP contribution is 2.43. The molecule has 1 heterocycles.